The van der Waals surface area contributed by atoms with Crippen LogP contribution in [0.5, 0.6) is 0 Å². The maximum Gasteiger partial charge on any atom is 0.281 e. The molecule has 4 nitrogen and oxygen atoms in total. The van der Waals surface area contributed by atoms with Crippen LogP contribution in [0.2, 0.25) is 5.02 Å². The van der Waals surface area contributed by atoms with Crippen LogP contribution in [-0.4, -0.2) is 15.6 Å². The Bertz CT molecular complexity index is 898. The predicted octanol–water partition coefficient (Wildman–Crippen LogP) is 4.60. The van der Waals surface area contributed by atoms with Gasteiger partial charge in [0.05, 0.1) is 10.7 Å². The number of thiocarbonyl (C=S) groups is 1. The summed E-state index contributed by atoms with van der Waals surface area (Å²) in [5.41, 5.74) is 4.33. The van der Waals surface area contributed by atoms with E-state index in [0.29, 0.717) is 27.6 Å². The van der Waals surface area contributed by atoms with Crippen molar-refractivity contribution >= 4 is 46.6 Å². The third kappa shape index (κ3) is 3.10. The minimum atomic E-state index is -0.201. The number of hydrogen-bond acceptors (Lipinski definition) is 2. The maximum absolute atomic E-state index is 12.9. The summed E-state index contributed by atoms with van der Waals surface area (Å²) < 4.78 is 2.25. The minimum Gasteiger partial charge on any atom is -0.346 e. The van der Waals surface area contributed by atoms with Crippen LogP contribution in [0.15, 0.2) is 36.0 Å². The van der Waals surface area contributed by atoms with E-state index in [1.807, 2.05) is 18.2 Å². The van der Waals surface area contributed by atoms with Gasteiger partial charge in [-0.25, -0.2) is 0 Å². The molecular formula is C19H20ClN3OS. The first-order valence-electron chi connectivity index (χ1n) is 8.11. The monoisotopic (exact) mass is 373 g/mol. The van der Waals surface area contributed by atoms with Gasteiger partial charge < -0.3 is 9.88 Å². The lowest BCUT2D eigenvalue weighted by Crippen LogP contribution is -2.30. The number of hydrogen-bond donors (Lipinski definition) is 1. The average molecular weight is 374 g/mol. The highest BCUT2D eigenvalue weighted by molar-refractivity contribution is 7.80. The third-order valence-corrected chi connectivity index (χ3v) is 4.92. The van der Waals surface area contributed by atoms with Crippen molar-refractivity contribution in [1.29, 1.82) is 0 Å². The van der Waals surface area contributed by atoms with E-state index in [0.717, 1.165) is 17.0 Å². The largest absolute Gasteiger partial charge is 0.346 e. The highest BCUT2D eigenvalue weighted by Crippen LogP contribution is 2.30. The van der Waals surface area contributed by atoms with Crippen LogP contribution in [0.25, 0.3) is 6.08 Å². The first kappa shape index (κ1) is 17.7. The van der Waals surface area contributed by atoms with E-state index in [1.54, 1.807) is 12.1 Å². The molecule has 0 bridgehead atoms. The van der Waals surface area contributed by atoms with E-state index in [2.05, 4.69) is 43.6 Å². The lowest BCUT2D eigenvalue weighted by atomic mass is 10.2. The van der Waals surface area contributed by atoms with Gasteiger partial charge in [0.1, 0.15) is 5.70 Å². The van der Waals surface area contributed by atoms with Crippen LogP contribution in [0.1, 0.15) is 36.8 Å². The average Bonchev–Trinajstić information content (AvgIpc) is 2.97. The van der Waals surface area contributed by atoms with Gasteiger partial charge in [-0.1, -0.05) is 23.7 Å². The van der Waals surface area contributed by atoms with E-state index in [9.17, 15) is 4.79 Å². The smallest absolute Gasteiger partial charge is 0.281 e. The molecule has 25 heavy (non-hydrogen) atoms. The SMILES string of the molecule is Cc1cc(/C=C2\NC(=S)N(c3ccccc3Cl)C2=O)c(C)n1C(C)C. The summed E-state index contributed by atoms with van der Waals surface area (Å²) >= 11 is 11.6. The number of aromatic nitrogens is 1. The molecule has 2 heterocycles. The Labute approximate surface area is 158 Å². The molecule has 0 atom stereocenters. The zero-order chi connectivity index (χ0) is 18.3. The highest BCUT2D eigenvalue weighted by atomic mass is 35.5. The number of anilines is 1. The molecule has 0 aliphatic carbocycles. The number of nitrogens with one attached hydrogen (secondary N) is 1. The van der Waals surface area contributed by atoms with Crippen LogP contribution in [0.4, 0.5) is 5.69 Å². The summed E-state index contributed by atoms with van der Waals surface area (Å²) in [4.78, 5) is 14.3. The molecule has 1 fully saturated rings. The number of nitrogens with zero attached hydrogens (tertiary/aromatic N) is 2. The molecule has 1 aromatic carbocycles. The van der Waals surface area contributed by atoms with Crippen LogP contribution < -0.4 is 10.2 Å². The number of amides is 1. The lowest BCUT2D eigenvalue weighted by Gasteiger charge is -2.15. The summed E-state index contributed by atoms with van der Waals surface area (Å²) in [6.45, 7) is 8.41. The molecule has 130 valence electrons. The molecule has 1 aliphatic rings. The molecule has 0 radical (unpaired) electrons. The van der Waals surface area contributed by atoms with Crippen molar-refractivity contribution in [2.75, 3.05) is 4.90 Å². The van der Waals surface area contributed by atoms with Crippen LogP contribution in [0, 0.1) is 13.8 Å². The van der Waals surface area contributed by atoms with Gasteiger partial charge in [0.25, 0.3) is 5.91 Å². The molecule has 0 saturated carbocycles. The Hall–Kier alpha value is -2.11. The van der Waals surface area contributed by atoms with Gasteiger partial charge >= 0.3 is 0 Å². The second-order valence-corrected chi connectivity index (χ2v) is 7.16. The third-order valence-electron chi connectivity index (χ3n) is 4.31. The standard InChI is InChI=1S/C19H20ClN3OS/c1-11(2)22-12(3)9-14(13(22)4)10-16-18(24)23(19(25)21-16)17-8-6-5-7-15(17)20/h5-11H,1-4H3,(H,21,25)/b16-10-. The molecule has 0 unspecified atom stereocenters. The van der Waals surface area contributed by atoms with E-state index < -0.39 is 0 Å². The summed E-state index contributed by atoms with van der Waals surface area (Å²) in [6, 6.07) is 9.61. The van der Waals surface area contributed by atoms with Crippen LogP contribution in [-0.2, 0) is 4.79 Å². The van der Waals surface area contributed by atoms with Gasteiger partial charge in [-0.05, 0) is 69.8 Å². The van der Waals surface area contributed by atoms with E-state index in [-0.39, 0.29) is 5.91 Å². The number of para-hydroxylation sites is 1. The normalized spacial score (nSPS) is 16.2. The summed E-state index contributed by atoms with van der Waals surface area (Å²) in [5, 5.41) is 3.83. The quantitative estimate of drug-likeness (QED) is 0.631. The van der Waals surface area contributed by atoms with Gasteiger partial charge in [-0.15, -0.1) is 0 Å². The summed E-state index contributed by atoms with van der Waals surface area (Å²) in [7, 11) is 0. The van der Waals surface area contributed by atoms with Gasteiger partial charge in [-0.2, -0.15) is 0 Å². The van der Waals surface area contributed by atoms with Crippen LogP contribution >= 0.6 is 23.8 Å². The Morgan fingerprint density at radius 2 is 1.92 bits per heavy atom. The number of aryl methyl sites for hydroxylation is 1. The second-order valence-electron chi connectivity index (χ2n) is 6.37. The van der Waals surface area contributed by atoms with Gasteiger partial charge in [0, 0.05) is 17.4 Å². The fourth-order valence-corrected chi connectivity index (χ4v) is 3.80. The molecule has 1 amide bonds. The summed E-state index contributed by atoms with van der Waals surface area (Å²) in [6.07, 6.45) is 1.85. The van der Waals surface area contributed by atoms with Crippen molar-refractivity contribution in [3.8, 4) is 0 Å². The molecule has 6 heteroatoms. The van der Waals surface area contributed by atoms with Gasteiger partial charge in [0.2, 0.25) is 0 Å². The van der Waals surface area contributed by atoms with Crippen molar-refractivity contribution in [2.24, 2.45) is 0 Å². The van der Waals surface area contributed by atoms with Crippen molar-refractivity contribution in [2.45, 2.75) is 33.7 Å². The van der Waals surface area contributed by atoms with E-state index in [4.69, 9.17) is 23.8 Å². The zero-order valence-corrected chi connectivity index (χ0v) is 16.2. The summed E-state index contributed by atoms with van der Waals surface area (Å²) in [5.74, 6) is -0.201. The number of benzene rings is 1. The number of carbonyl (C=O) groups is 1. The molecule has 2 aromatic rings. The van der Waals surface area contributed by atoms with E-state index >= 15 is 0 Å². The molecule has 3 rings (SSSR count). The predicted molar refractivity (Wildman–Crippen MR) is 107 cm³/mol. The second kappa shape index (κ2) is 6.65. The Morgan fingerprint density at radius 3 is 2.52 bits per heavy atom. The Kier molecular flexibility index (Phi) is 4.71. The fraction of sp³-hybridized carbons (Fsp3) is 0.263. The molecule has 1 N–H and O–H groups in total. The molecule has 1 aliphatic heterocycles. The first-order chi connectivity index (χ1) is 11.8. The topological polar surface area (TPSA) is 37.3 Å². The minimum absolute atomic E-state index is 0.201. The number of rotatable bonds is 3. The highest BCUT2D eigenvalue weighted by Gasteiger charge is 2.33. The van der Waals surface area contributed by atoms with Crippen molar-refractivity contribution < 1.29 is 4.79 Å². The van der Waals surface area contributed by atoms with E-state index in [1.165, 1.54) is 4.90 Å². The fourth-order valence-electron chi connectivity index (χ4n) is 3.29. The van der Waals surface area contributed by atoms with Gasteiger partial charge in [-0.3, -0.25) is 9.69 Å². The van der Waals surface area contributed by atoms with Gasteiger partial charge in [0.15, 0.2) is 5.11 Å². The Morgan fingerprint density at radius 1 is 1.24 bits per heavy atom. The van der Waals surface area contributed by atoms with Crippen LogP contribution in [0.3, 0.4) is 0 Å². The molecule has 1 aromatic heterocycles. The Balaban J connectivity index is 1.99. The zero-order valence-electron chi connectivity index (χ0n) is 14.6. The van der Waals surface area contributed by atoms with Crippen molar-refractivity contribution in [3.63, 3.8) is 0 Å². The number of halogens is 1. The number of carbonyl (C=O) groups excluding carboxylic acids is 1. The molecule has 1 saturated heterocycles. The molecular weight excluding hydrogens is 354 g/mol. The first-order valence-corrected chi connectivity index (χ1v) is 8.90. The van der Waals surface area contributed by atoms with Crippen molar-refractivity contribution in [1.82, 2.24) is 9.88 Å². The molecule has 0 spiro atoms. The maximum atomic E-state index is 12.9. The van der Waals surface area contributed by atoms with Crippen molar-refractivity contribution in [3.05, 3.63) is 58.0 Å². The lowest BCUT2D eigenvalue weighted by molar-refractivity contribution is -0.113.